The standard InChI is InChI=1S/C16H23N7O2S/c1-9(2)26(24,25)23-7-11-12(8-23)15(11)20-16-17-5-4-13(19-16)18-14-6-10(3)21-22-14/h4-6,9,11-12,15H,7-8H2,1-3H3,(H3,17,18,19,20,21,22)/t11-,12+,15?. The van der Waals surface area contributed by atoms with Crippen LogP contribution in [0.15, 0.2) is 18.3 Å². The van der Waals surface area contributed by atoms with Crippen LogP contribution in [-0.2, 0) is 10.0 Å². The minimum absolute atomic E-state index is 0.233. The second-order valence-corrected chi connectivity index (χ2v) is 9.72. The quantitative estimate of drug-likeness (QED) is 0.695. The van der Waals surface area contributed by atoms with E-state index in [2.05, 4.69) is 30.8 Å². The highest BCUT2D eigenvalue weighted by Gasteiger charge is 2.58. The fourth-order valence-electron chi connectivity index (χ4n) is 3.47. The summed E-state index contributed by atoms with van der Waals surface area (Å²) in [5, 5.41) is 13.1. The van der Waals surface area contributed by atoms with Gasteiger partial charge < -0.3 is 10.6 Å². The summed E-state index contributed by atoms with van der Waals surface area (Å²) >= 11 is 0. The first-order chi connectivity index (χ1) is 12.3. The molecular weight excluding hydrogens is 354 g/mol. The lowest BCUT2D eigenvalue weighted by Gasteiger charge is -2.22. The van der Waals surface area contributed by atoms with Gasteiger partial charge in [0.1, 0.15) is 5.82 Å². The number of sulfonamides is 1. The van der Waals surface area contributed by atoms with Gasteiger partial charge in [0.15, 0.2) is 5.82 Å². The van der Waals surface area contributed by atoms with E-state index in [1.165, 1.54) is 0 Å². The Morgan fingerprint density at radius 3 is 2.62 bits per heavy atom. The fraction of sp³-hybridized carbons (Fsp3) is 0.562. The molecule has 1 saturated carbocycles. The third kappa shape index (κ3) is 3.14. The topological polar surface area (TPSA) is 116 Å². The molecule has 0 radical (unpaired) electrons. The molecule has 10 heteroatoms. The molecule has 0 aromatic carbocycles. The summed E-state index contributed by atoms with van der Waals surface area (Å²) in [6.45, 7) is 6.53. The first-order valence-corrected chi connectivity index (χ1v) is 10.2. The molecule has 2 fully saturated rings. The van der Waals surface area contributed by atoms with E-state index in [-0.39, 0.29) is 11.3 Å². The molecule has 1 aliphatic heterocycles. The molecule has 3 atom stereocenters. The summed E-state index contributed by atoms with van der Waals surface area (Å²) in [7, 11) is -3.16. The molecule has 4 rings (SSSR count). The highest BCUT2D eigenvalue weighted by Crippen LogP contribution is 2.48. The molecule has 1 saturated heterocycles. The zero-order valence-electron chi connectivity index (χ0n) is 15.0. The number of aromatic nitrogens is 4. The van der Waals surface area contributed by atoms with Gasteiger partial charge in [-0.25, -0.2) is 17.7 Å². The summed E-state index contributed by atoms with van der Waals surface area (Å²) in [5.74, 6) is 2.56. The summed E-state index contributed by atoms with van der Waals surface area (Å²) in [4.78, 5) is 8.73. The van der Waals surface area contributed by atoms with Gasteiger partial charge in [0.05, 0.1) is 5.25 Å². The molecule has 3 N–H and O–H groups in total. The van der Waals surface area contributed by atoms with Crippen LogP contribution in [0.25, 0.3) is 0 Å². The molecule has 3 heterocycles. The number of H-pyrrole nitrogens is 1. The molecule has 2 aliphatic rings. The van der Waals surface area contributed by atoms with E-state index in [0.717, 1.165) is 5.69 Å². The van der Waals surface area contributed by atoms with Crippen LogP contribution in [0.3, 0.4) is 0 Å². The van der Waals surface area contributed by atoms with Gasteiger partial charge in [0, 0.05) is 37.1 Å². The van der Waals surface area contributed by atoms with Crippen molar-refractivity contribution in [2.45, 2.75) is 32.1 Å². The number of nitrogens with one attached hydrogen (secondary N) is 3. The normalized spacial score (nSPS) is 25.3. The number of fused-ring (bicyclic) bond motifs is 1. The van der Waals surface area contributed by atoms with Crippen LogP contribution in [0.1, 0.15) is 19.5 Å². The van der Waals surface area contributed by atoms with E-state index in [4.69, 9.17) is 0 Å². The zero-order chi connectivity index (χ0) is 18.5. The van der Waals surface area contributed by atoms with Gasteiger partial charge in [-0.15, -0.1) is 0 Å². The number of aryl methyl sites for hydroxylation is 1. The van der Waals surface area contributed by atoms with E-state index in [1.807, 2.05) is 13.0 Å². The van der Waals surface area contributed by atoms with Crippen LogP contribution in [0.2, 0.25) is 0 Å². The maximum Gasteiger partial charge on any atom is 0.224 e. The Kier molecular flexibility index (Phi) is 4.11. The van der Waals surface area contributed by atoms with E-state index in [0.29, 0.717) is 42.5 Å². The Bertz CT molecular complexity index is 899. The average Bonchev–Trinajstić information content (AvgIpc) is 2.93. The van der Waals surface area contributed by atoms with Gasteiger partial charge in [0.25, 0.3) is 0 Å². The molecule has 0 spiro atoms. The van der Waals surface area contributed by atoms with Crippen molar-refractivity contribution in [3.63, 3.8) is 0 Å². The number of anilines is 3. The van der Waals surface area contributed by atoms with Crippen molar-refractivity contribution in [1.82, 2.24) is 24.5 Å². The summed E-state index contributed by atoms with van der Waals surface area (Å²) < 4.78 is 26.1. The second kappa shape index (κ2) is 6.20. The first-order valence-electron chi connectivity index (χ1n) is 8.72. The summed E-state index contributed by atoms with van der Waals surface area (Å²) in [6, 6.07) is 3.90. The minimum atomic E-state index is -3.16. The van der Waals surface area contributed by atoms with Gasteiger partial charge >= 0.3 is 0 Å². The Morgan fingerprint density at radius 2 is 2.00 bits per heavy atom. The van der Waals surface area contributed by atoms with Crippen molar-refractivity contribution < 1.29 is 8.42 Å². The molecule has 2 aromatic rings. The molecule has 1 aliphatic carbocycles. The van der Waals surface area contributed by atoms with Gasteiger partial charge in [-0.1, -0.05) is 0 Å². The van der Waals surface area contributed by atoms with Crippen LogP contribution >= 0.6 is 0 Å². The molecule has 26 heavy (non-hydrogen) atoms. The van der Waals surface area contributed by atoms with Crippen LogP contribution < -0.4 is 10.6 Å². The average molecular weight is 377 g/mol. The van der Waals surface area contributed by atoms with E-state index in [9.17, 15) is 8.42 Å². The van der Waals surface area contributed by atoms with Crippen molar-refractivity contribution in [3.05, 3.63) is 24.0 Å². The van der Waals surface area contributed by atoms with Crippen LogP contribution in [-0.4, -0.2) is 57.3 Å². The van der Waals surface area contributed by atoms with Gasteiger partial charge in [0.2, 0.25) is 16.0 Å². The van der Waals surface area contributed by atoms with Gasteiger partial charge in [-0.3, -0.25) is 5.10 Å². The lowest BCUT2D eigenvalue weighted by atomic mass is 10.4. The molecule has 0 bridgehead atoms. The fourth-order valence-corrected chi connectivity index (χ4v) is 4.82. The third-order valence-electron chi connectivity index (χ3n) is 5.03. The summed E-state index contributed by atoms with van der Waals surface area (Å²) in [5.41, 5.74) is 0.964. The number of nitrogens with zero attached hydrogens (tertiary/aromatic N) is 4. The number of aromatic amines is 1. The van der Waals surface area contributed by atoms with E-state index < -0.39 is 10.0 Å². The number of rotatable bonds is 6. The van der Waals surface area contributed by atoms with Crippen LogP contribution in [0, 0.1) is 18.8 Å². The Hall–Kier alpha value is -2.20. The zero-order valence-corrected chi connectivity index (χ0v) is 15.8. The molecule has 9 nitrogen and oxygen atoms in total. The van der Waals surface area contributed by atoms with E-state index >= 15 is 0 Å². The smallest absolute Gasteiger partial charge is 0.224 e. The van der Waals surface area contributed by atoms with Gasteiger partial charge in [-0.2, -0.15) is 10.1 Å². The monoisotopic (exact) mass is 377 g/mol. The molecule has 1 unspecified atom stereocenters. The Balaban J connectivity index is 1.36. The van der Waals surface area contributed by atoms with Crippen molar-refractivity contribution in [1.29, 1.82) is 0 Å². The molecule has 2 aromatic heterocycles. The van der Waals surface area contributed by atoms with Crippen LogP contribution in [0.5, 0.6) is 0 Å². The lowest BCUT2D eigenvalue weighted by Crippen LogP contribution is -2.38. The number of piperidine rings is 1. The summed E-state index contributed by atoms with van der Waals surface area (Å²) in [6.07, 6.45) is 1.69. The molecular formula is C16H23N7O2S. The SMILES string of the molecule is Cc1cc(Nc2ccnc(NC3[C@H]4CN(S(=O)(=O)C(C)C)C[C@@H]34)n2)n[nH]1. The lowest BCUT2D eigenvalue weighted by molar-refractivity contribution is 0.430. The first kappa shape index (κ1) is 17.2. The minimum Gasteiger partial charge on any atom is -0.351 e. The third-order valence-corrected chi connectivity index (χ3v) is 7.24. The van der Waals surface area contributed by atoms with Crippen molar-refractivity contribution in [2.24, 2.45) is 11.8 Å². The number of hydrogen-bond donors (Lipinski definition) is 3. The predicted molar refractivity (Wildman–Crippen MR) is 98.7 cm³/mol. The Morgan fingerprint density at radius 1 is 1.27 bits per heavy atom. The van der Waals surface area contributed by atoms with Crippen molar-refractivity contribution >= 4 is 27.6 Å². The maximum absolute atomic E-state index is 12.2. The highest BCUT2D eigenvalue weighted by atomic mass is 32.2. The molecule has 140 valence electrons. The molecule has 0 amide bonds. The van der Waals surface area contributed by atoms with Crippen molar-refractivity contribution in [3.8, 4) is 0 Å². The second-order valence-electron chi connectivity index (χ2n) is 7.24. The highest BCUT2D eigenvalue weighted by molar-refractivity contribution is 7.89. The van der Waals surface area contributed by atoms with Crippen molar-refractivity contribution in [2.75, 3.05) is 23.7 Å². The largest absolute Gasteiger partial charge is 0.351 e. The maximum atomic E-state index is 12.2. The Labute approximate surface area is 152 Å². The van der Waals surface area contributed by atoms with Crippen LogP contribution in [0.4, 0.5) is 17.6 Å². The van der Waals surface area contributed by atoms with E-state index in [1.54, 1.807) is 30.4 Å². The van der Waals surface area contributed by atoms with Gasteiger partial charge in [-0.05, 0) is 38.7 Å². The predicted octanol–water partition coefficient (Wildman–Crippen LogP) is 1.33. The number of hydrogen-bond acceptors (Lipinski definition) is 7.